The number of amides is 1. The van der Waals surface area contributed by atoms with Crippen molar-refractivity contribution < 1.29 is 13.2 Å². The van der Waals surface area contributed by atoms with E-state index in [0.29, 0.717) is 22.1 Å². The maximum atomic E-state index is 13.3. The normalized spacial score (nSPS) is 11.4. The maximum absolute atomic E-state index is 13.3. The molecular weight excluding hydrogens is 523 g/mol. The molecule has 1 heterocycles. The van der Waals surface area contributed by atoms with Crippen molar-refractivity contribution in [3.05, 3.63) is 104 Å². The van der Waals surface area contributed by atoms with Gasteiger partial charge in [-0.2, -0.15) is 0 Å². The molecule has 4 aromatic rings. The number of rotatable bonds is 6. The number of sulfonamides is 1. The van der Waals surface area contributed by atoms with Gasteiger partial charge in [0.25, 0.3) is 21.5 Å². The van der Waals surface area contributed by atoms with Crippen molar-refractivity contribution in [2.45, 2.75) is 18.7 Å². The number of hydrogen-bond acceptors (Lipinski definition) is 4. The van der Waals surface area contributed by atoms with Gasteiger partial charge in [0.05, 0.1) is 27.1 Å². The Bertz CT molecular complexity index is 1640. The predicted molar refractivity (Wildman–Crippen MR) is 142 cm³/mol. The highest BCUT2D eigenvalue weighted by atomic mass is 35.5. The van der Waals surface area contributed by atoms with E-state index in [0.717, 1.165) is 11.6 Å². The largest absolute Gasteiger partial charge is 0.321 e. The summed E-state index contributed by atoms with van der Waals surface area (Å²) in [4.78, 5) is 25.6. The number of hydrogen-bond donors (Lipinski definition) is 2. The van der Waals surface area contributed by atoms with Crippen LogP contribution in [0.2, 0.25) is 10.0 Å². The van der Waals surface area contributed by atoms with Crippen molar-refractivity contribution in [1.82, 2.24) is 9.36 Å². The van der Waals surface area contributed by atoms with Crippen molar-refractivity contribution in [3.8, 4) is 5.69 Å². The number of nitrogens with one attached hydrogen (secondary N) is 2. The van der Waals surface area contributed by atoms with E-state index in [2.05, 4.69) is 10.0 Å². The van der Waals surface area contributed by atoms with Crippen LogP contribution in [0, 0.1) is 13.8 Å². The monoisotopic (exact) mass is 544 g/mol. The van der Waals surface area contributed by atoms with Crippen molar-refractivity contribution in [1.29, 1.82) is 0 Å². The predicted octanol–water partition coefficient (Wildman–Crippen LogP) is 5.15. The Labute approximate surface area is 218 Å². The first kappa shape index (κ1) is 25.6. The number of anilines is 2. The van der Waals surface area contributed by atoms with Gasteiger partial charge in [0, 0.05) is 12.6 Å². The summed E-state index contributed by atoms with van der Waals surface area (Å²) in [6, 6.07) is 17.8. The van der Waals surface area contributed by atoms with E-state index in [-0.39, 0.29) is 21.2 Å². The molecule has 0 fully saturated rings. The third-order valence-corrected chi connectivity index (χ3v) is 7.79. The first-order valence-electron chi connectivity index (χ1n) is 10.7. The van der Waals surface area contributed by atoms with Gasteiger partial charge in [0.15, 0.2) is 0 Å². The number of aromatic nitrogens is 2. The highest BCUT2D eigenvalue weighted by Gasteiger charge is 2.25. The molecule has 0 bridgehead atoms. The van der Waals surface area contributed by atoms with E-state index in [1.807, 2.05) is 13.0 Å². The van der Waals surface area contributed by atoms with Crippen LogP contribution in [0.5, 0.6) is 0 Å². The van der Waals surface area contributed by atoms with Gasteiger partial charge in [-0.05, 0) is 61.9 Å². The van der Waals surface area contributed by atoms with Gasteiger partial charge < -0.3 is 5.32 Å². The Hall–Kier alpha value is -3.53. The van der Waals surface area contributed by atoms with E-state index in [9.17, 15) is 18.0 Å². The molecular formula is C25H22Cl2N4O4S. The first-order chi connectivity index (χ1) is 17.0. The van der Waals surface area contributed by atoms with E-state index in [4.69, 9.17) is 23.2 Å². The average molecular weight is 545 g/mol. The SMILES string of the molecule is Cc1ccc(NC(=O)c2ccc(Cl)c(S(=O)(=O)Nc3c(C)n(C)n(-c4ccccc4)c3=O)c2)c(Cl)c1. The lowest BCUT2D eigenvalue weighted by Crippen LogP contribution is -2.23. The maximum Gasteiger partial charge on any atom is 0.296 e. The number of carbonyl (C=O) groups excluding carboxylic acids is 1. The molecule has 0 saturated heterocycles. The third-order valence-electron chi connectivity index (χ3n) is 5.65. The number of carbonyl (C=O) groups is 1. The minimum atomic E-state index is -4.33. The van der Waals surface area contributed by atoms with Crippen LogP contribution < -0.4 is 15.6 Å². The van der Waals surface area contributed by atoms with Crippen molar-refractivity contribution in [2.24, 2.45) is 7.05 Å². The molecule has 0 saturated carbocycles. The zero-order valence-electron chi connectivity index (χ0n) is 19.5. The molecule has 0 aliphatic rings. The number of halogens is 2. The van der Waals surface area contributed by atoms with Gasteiger partial charge >= 0.3 is 0 Å². The van der Waals surface area contributed by atoms with Gasteiger partial charge in [0.1, 0.15) is 10.6 Å². The quantitative estimate of drug-likeness (QED) is 0.350. The highest BCUT2D eigenvalue weighted by Crippen LogP contribution is 2.27. The van der Waals surface area contributed by atoms with Gasteiger partial charge in [-0.3, -0.25) is 19.0 Å². The molecule has 0 aliphatic heterocycles. The smallest absolute Gasteiger partial charge is 0.296 e. The second-order valence-electron chi connectivity index (χ2n) is 8.12. The molecule has 0 spiro atoms. The standard InChI is InChI=1S/C25H22Cl2N4O4S/c1-15-9-12-21(20(27)13-15)28-24(32)17-10-11-19(26)22(14-17)36(34,35)29-23-16(2)30(3)31(25(23)33)18-7-5-4-6-8-18/h4-14,29H,1-3H3,(H,28,32). The third kappa shape index (κ3) is 4.90. The Balaban J connectivity index is 1.68. The summed E-state index contributed by atoms with van der Waals surface area (Å²) in [5, 5.41) is 2.90. The van der Waals surface area contributed by atoms with Crippen LogP contribution in [0.4, 0.5) is 11.4 Å². The highest BCUT2D eigenvalue weighted by molar-refractivity contribution is 7.92. The number of benzene rings is 3. The van der Waals surface area contributed by atoms with Crippen LogP contribution in [0.3, 0.4) is 0 Å². The molecule has 11 heteroatoms. The van der Waals surface area contributed by atoms with Crippen LogP contribution in [-0.2, 0) is 17.1 Å². The van der Waals surface area contributed by atoms with E-state index < -0.39 is 21.5 Å². The fourth-order valence-corrected chi connectivity index (χ4v) is 5.57. The Morgan fingerprint density at radius 2 is 1.61 bits per heavy atom. The molecule has 1 amide bonds. The first-order valence-corrected chi connectivity index (χ1v) is 13.0. The molecule has 2 N–H and O–H groups in total. The van der Waals surface area contributed by atoms with Crippen molar-refractivity contribution in [2.75, 3.05) is 10.0 Å². The van der Waals surface area contributed by atoms with Crippen molar-refractivity contribution >= 4 is 50.5 Å². The summed E-state index contributed by atoms with van der Waals surface area (Å²) in [6.07, 6.45) is 0. The number of aryl methyl sites for hydroxylation is 1. The van der Waals surface area contributed by atoms with Gasteiger partial charge in [0.2, 0.25) is 0 Å². The molecule has 0 aliphatic carbocycles. The minimum Gasteiger partial charge on any atom is -0.321 e. The lowest BCUT2D eigenvalue weighted by molar-refractivity contribution is 0.102. The summed E-state index contributed by atoms with van der Waals surface area (Å²) >= 11 is 12.4. The number of para-hydroxylation sites is 1. The zero-order valence-corrected chi connectivity index (χ0v) is 21.9. The van der Waals surface area contributed by atoms with Gasteiger partial charge in [-0.1, -0.05) is 47.5 Å². The molecule has 186 valence electrons. The summed E-state index contributed by atoms with van der Waals surface area (Å²) in [5.41, 5.74) is 1.64. The second-order valence-corrected chi connectivity index (χ2v) is 10.6. The molecule has 36 heavy (non-hydrogen) atoms. The van der Waals surface area contributed by atoms with Gasteiger partial charge in [-0.25, -0.2) is 13.1 Å². The lowest BCUT2D eigenvalue weighted by atomic mass is 10.2. The summed E-state index contributed by atoms with van der Waals surface area (Å²) in [7, 11) is -2.68. The van der Waals surface area contributed by atoms with E-state index in [1.165, 1.54) is 16.8 Å². The molecule has 1 aromatic heterocycles. The molecule has 0 radical (unpaired) electrons. The fourth-order valence-electron chi connectivity index (χ4n) is 3.64. The Morgan fingerprint density at radius 1 is 0.917 bits per heavy atom. The molecule has 3 aromatic carbocycles. The second kappa shape index (κ2) is 9.85. The summed E-state index contributed by atoms with van der Waals surface area (Å²) in [5.74, 6) is -0.573. The lowest BCUT2D eigenvalue weighted by Gasteiger charge is -2.12. The average Bonchev–Trinajstić information content (AvgIpc) is 3.04. The van der Waals surface area contributed by atoms with Crippen LogP contribution in [-0.4, -0.2) is 23.7 Å². The Kier molecular flexibility index (Phi) is 6.99. The topological polar surface area (TPSA) is 102 Å². The van der Waals surface area contributed by atoms with Gasteiger partial charge in [-0.15, -0.1) is 0 Å². The molecule has 4 rings (SSSR count). The minimum absolute atomic E-state index is 0.0443. The van der Waals surface area contributed by atoms with Crippen LogP contribution in [0.1, 0.15) is 21.6 Å². The fraction of sp³-hybridized carbons (Fsp3) is 0.120. The van der Waals surface area contributed by atoms with Crippen LogP contribution >= 0.6 is 23.2 Å². The molecule has 0 atom stereocenters. The van der Waals surface area contributed by atoms with E-state index in [1.54, 1.807) is 61.1 Å². The Morgan fingerprint density at radius 3 is 2.28 bits per heavy atom. The van der Waals surface area contributed by atoms with Crippen molar-refractivity contribution in [3.63, 3.8) is 0 Å². The molecule has 8 nitrogen and oxygen atoms in total. The molecule has 0 unspecified atom stereocenters. The van der Waals surface area contributed by atoms with E-state index >= 15 is 0 Å². The van der Waals surface area contributed by atoms with Crippen LogP contribution in [0.25, 0.3) is 5.69 Å². The number of nitrogens with zero attached hydrogens (tertiary/aromatic N) is 2. The zero-order chi connectivity index (χ0) is 26.2. The summed E-state index contributed by atoms with van der Waals surface area (Å²) < 4.78 is 31.9. The summed E-state index contributed by atoms with van der Waals surface area (Å²) in [6.45, 7) is 3.49. The van der Waals surface area contributed by atoms with Crippen LogP contribution in [0.15, 0.2) is 76.4 Å².